The molecule has 3 aliphatic carbocycles. The number of nitrogens with zero attached hydrogens (tertiary/aromatic N) is 3. The summed E-state index contributed by atoms with van der Waals surface area (Å²) in [6.45, 7) is 0. The second kappa shape index (κ2) is 5.25. The summed E-state index contributed by atoms with van der Waals surface area (Å²) in [7, 11) is 0. The fourth-order valence-electron chi connectivity index (χ4n) is 5.14. The van der Waals surface area contributed by atoms with Crippen molar-refractivity contribution in [2.45, 2.75) is 12.8 Å². The van der Waals surface area contributed by atoms with E-state index >= 15 is 0 Å². The molecule has 0 unspecified atom stereocenters. The third-order valence-corrected chi connectivity index (χ3v) is 6.88. The largest absolute Gasteiger partial charge is 0.502 e. The van der Waals surface area contributed by atoms with Gasteiger partial charge in [-0.2, -0.15) is 10.1 Å². The van der Waals surface area contributed by atoms with Gasteiger partial charge in [-0.1, -0.05) is 28.1 Å². The van der Waals surface area contributed by atoms with E-state index in [0.717, 1.165) is 24.1 Å². The maximum absolute atomic E-state index is 12.8. The highest BCUT2D eigenvalue weighted by Gasteiger charge is 2.73. The van der Waals surface area contributed by atoms with Gasteiger partial charge in [-0.05, 0) is 36.2 Å². The molecule has 0 radical (unpaired) electrons. The van der Waals surface area contributed by atoms with E-state index in [0.29, 0.717) is 4.47 Å². The van der Waals surface area contributed by atoms with Crippen LogP contribution in [0.4, 0.5) is 5.69 Å². The van der Waals surface area contributed by atoms with E-state index in [4.69, 9.17) is 0 Å². The van der Waals surface area contributed by atoms with E-state index in [1.807, 2.05) is 0 Å². The molecule has 1 aromatic rings. The lowest BCUT2D eigenvalue weighted by atomic mass is 9.85. The first kappa shape index (κ1) is 16.6. The van der Waals surface area contributed by atoms with Crippen LogP contribution >= 0.6 is 15.9 Å². The number of fused-ring (bicyclic) bond motifs is 3. The molecule has 4 atom stereocenters. The van der Waals surface area contributed by atoms with Gasteiger partial charge in [-0.25, -0.2) is 0 Å². The third-order valence-electron chi connectivity index (χ3n) is 6.42. The van der Waals surface area contributed by atoms with Crippen molar-refractivity contribution < 1.29 is 19.6 Å². The van der Waals surface area contributed by atoms with Crippen molar-refractivity contribution >= 4 is 39.6 Å². The molecule has 2 bridgehead atoms. The number of rotatable bonds is 3. The number of carbonyl (C=O) groups is 2. The van der Waals surface area contributed by atoms with Crippen LogP contribution in [-0.4, -0.2) is 33.1 Å². The molecule has 138 valence electrons. The van der Waals surface area contributed by atoms with Gasteiger partial charge in [0.2, 0.25) is 5.75 Å². The van der Waals surface area contributed by atoms with Gasteiger partial charge < -0.3 is 5.11 Å². The Bertz CT molecular complexity index is 949. The van der Waals surface area contributed by atoms with E-state index in [-0.39, 0.29) is 46.5 Å². The number of carbonyl (C=O) groups excluding carboxylic acids is 2. The lowest BCUT2D eigenvalue weighted by molar-refractivity contribution is -0.385. The van der Waals surface area contributed by atoms with Crippen molar-refractivity contribution in [2.75, 3.05) is 0 Å². The van der Waals surface area contributed by atoms with Gasteiger partial charge >= 0.3 is 5.69 Å². The van der Waals surface area contributed by atoms with Crippen LogP contribution in [-0.2, 0) is 9.59 Å². The van der Waals surface area contributed by atoms with E-state index in [1.165, 1.54) is 12.1 Å². The summed E-state index contributed by atoms with van der Waals surface area (Å²) >= 11 is 3.14. The average Bonchev–Trinajstić information content (AvgIpc) is 3.22. The highest BCUT2D eigenvalue weighted by molar-refractivity contribution is 9.10. The van der Waals surface area contributed by atoms with Crippen molar-refractivity contribution in [3.8, 4) is 5.75 Å². The topological polar surface area (TPSA) is 113 Å². The summed E-state index contributed by atoms with van der Waals surface area (Å²) in [5.74, 6) is -1.74. The van der Waals surface area contributed by atoms with Gasteiger partial charge in [0.25, 0.3) is 11.8 Å². The Kier molecular flexibility index (Phi) is 3.23. The monoisotopic (exact) mass is 431 g/mol. The maximum Gasteiger partial charge on any atom is 0.312 e. The Morgan fingerprint density at radius 2 is 1.81 bits per heavy atom. The summed E-state index contributed by atoms with van der Waals surface area (Å²) < 4.78 is 0.377. The number of amides is 2. The van der Waals surface area contributed by atoms with Crippen molar-refractivity contribution in [3.05, 3.63) is 44.4 Å². The Balaban J connectivity index is 1.46. The van der Waals surface area contributed by atoms with Crippen LogP contribution in [0, 0.1) is 39.2 Å². The van der Waals surface area contributed by atoms with Crippen LogP contribution in [0.15, 0.2) is 33.9 Å². The zero-order chi connectivity index (χ0) is 19.1. The standard InChI is InChI=1S/C18H14BrN3O5/c19-9-5-8(15(23)12(6-9)22(26)27)7-20-21-16(24)13-10-1-2-11(14(13)17(21)25)18(10)3-4-18/h1-2,5-7,10-11,13-14,23H,3-4H2/b20-7-/t10-,11-,13-,14+/m1/s1. The zero-order valence-electron chi connectivity index (χ0n) is 13.9. The minimum absolute atomic E-state index is 0.0495. The number of hydrogen-bond acceptors (Lipinski definition) is 6. The van der Waals surface area contributed by atoms with Crippen LogP contribution < -0.4 is 0 Å². The lowest BCUT2D eigenvalue weighted by Crippen LogP contribution is -2.30. The molecule has 0 aromatic heterocycles. The average molecular weight is 432 g/mol. The molecule has 1 heterocycles. The number of aromatic hydroxyl groups is 1. The molecule has 4 aliphatic rings. The van der Waals surface area contributed by atoms with Gasteiger partial charge in [0.15, 0.2) is 0 Å². The fraction of sp³-hybridized carbons (Fsp3) is 0.389. The molecule has 8 nitrogen and oxygen atoms in total. The molecule has 1 spiro atoms. The van der Waals surface area contributed by atoms with Crippen LogP contribution in [0.3, 0.4) is 0 Å². The molecule has 1 N–H and O–H groups in total. The number of allylic oxidation sites excluding steroid dienone is 2. The Labute approximate surface area is 161 Å². The highest BCUT2D eigenvalue weighted by Crippen LogP contribution is 2.73. The molecular formula is C18H14BrN3O5. The summed E-state index contributed by atoms with van der Waals surface area (Å²) in [5.41, 5.74) is -0.326. The third kappa shape index (κ3) is 2.06. The Morgan fingerprint density at radius 3 is 2.33 bits per heavy atom. The molecule has 1 aliphatic heterocycles. The van der Waals surface area contributed by atoms with Crippen molar-refractivity contribution in [1.29, 1.82) is 0 Å². The quantitative estimate of drug-likeness (QED) is 0.259. The van der Waals surface area contributed by atoms with E-state index in [1.54, 1.807) is 0 Å². The zero-order valence-corrected chi connectivity index (χ0v) is 15.5. The molecule has 3 fully saturated rings. The minimum Gasteiger partial charge on any atom is -0.502 e. The summed E-state index contributed by atoms with van der Waals surface area (Å²) in [5, 5.41) is 25.9. The highest BCUT2D eigenvalue weighted by atomic mass is 79.9. The summed E-state index contributed by atoms with van der Waals surface area (Å²) in [6.07, 6.45) is 7.37. The summed E-state index contributed by atoms with van der Waals surface area (Å²) in [4.78, 5) is 36.0. The maximum atomic E-state index is 12.8. The van der Waals surface area contributed by atoms with Gasteiger partial charge in [-0.3, -0.25) is 19.7 Å². The predicted molar refractivity (Wildman–Crippen MR) is 96.7 cm³/mol. The molecule has 2 saturated carbocycles. The number of nitro benzene ring substituents is 1. The first-order valence-electron chi connectivity index (χ1n) is 8.62. The van der Waals surface area contributed by atoms with Crippen LogP contribution in [0.2, 0.25) is 0 Å². The second-order valence-electron chi connectivity index (χ2n) is 7.57. The number of hydrogen-bond donors (Lipinski definition) is 1. The van der Waals surface area contributed by atoms with Crippen molar-refractivity contribution in [3.63, 3.8) is 0 Å². The molecule has 1 saturated heterocycles. The van der Waals surface area contributed by atoms with Gasteiger partial charge in [0.1, 0.15) is 0 Å². The van der Waals surface area contributed by atoms with Crippen LogP contribution in [0.1, 0.15) is 18.4 Å². The molecule has 5 rings (SSSR count). The molecule has 1 aromatic carbocycles. The van der Waals surface area contributed by atoms with E-state index in [9.17, 15) is 24.8 Å². The second-order valence-corrected chi connectivity index (χ2v) is 8.49. The van der Waals surface area contributed by atoms with Crippen molar-refractivity contribution in [2.24, 2.45) is 34.2 Å². The Hall–Kier alpha value is -2.55. The lowest BCUT2D eigenvalue weighted by Gasteiger charge is -2.18. The smallest absolute Gasteiger partial charge is 0.312 e. The number of halogens is 1. The summed E-state index contributed by atoms with van der Waals surface area (Å²) in [6, 6.07) is 2.60. The Morgan fingerprint density at radius 1 is 1.22 bits per heavy atom. The van der Waals surface area contributed by atoms with Gasteiger partial charge in [0.05, 0.1) is 23.0 Å². The van der Waals surface area contributed by atoms with Gasteiger partial charge in [-0.15, -0.1) is 0 Å². The van der Waals surface area contributed by atoms with Gasteiger partial charge in [0, 0.05) is 16.1 Å². The number of phenols is 1. The number of benzene rings is 1. The first-order chi connectivity index (χ1) is 12.8. The number of imide groups is 1. The fourth-order valence-corrected chi connectivity index (χ4v) is 5.60. The van der Waals surface area contributed by atoms with Crippen LogP contribution in [0.25, 0.3) is 0 Å². The number of nitro groups is 1. The first-order valence-corrected chi connectivity index (χ1v) is 9.41. The SMILES string of the molecule is O=C1[C@@H]2[C@H](C(=O)N1/N=C\c1cc(Br)cc([N+](=O)[O-])c1O)[C@H]1C=C[C@H]2C12CC2. The van der Waals surface area contributed by atoms with Crippen molar-refractivity contribution in [1.82, 2.24) is 5.01 Å². The normalized spacial score (nSPS) is 32.1. The predicted octanol–water partition coefficient (Wildman–Crippen LogP) is 2.59. The molecule has 2 amide bonds. The molecule has 9 heteroatoms. The van der Waals surface area contributed by atoms with E-state index in [2.05, 4.69) is 33.2 Å². The number of phenolic OH excluding ortho intramolecular Hbond substituents is 1. The number of hydrazone groups is 1. The molecular weight excluding hydrogens is 418 g/mol. The minimum atomic E-state index is -0.716. The van der Waals surface area contributed by atoms with E-state index < -0.39 is 16.4 Å². The van der Waals surface area contributed by atoms with Crippen LogP contribution in [0.5, 0.6) is 5.75 Å². The molecule has 27 heavy (non-hydrogen) atoms.